The average Bonchev–Trinajstić information content (AvgIpc) is 3.07. The van der Waals surface area contributed by atoms with Gasteiger partial charge in [-0.15, -0.1) is 6.42 Å². The lowest BCUT2D eigenvalue weighted by Gasteiger charge is -2.09. The fraction of sp³-hybridized carbons (Fsp3) is 0.742. The Kier molecular flexibility index (Phi) is 30.5. The number of rotatable bonds is 36. The molecule has 14 nitrogen and oxygen atoms in total. The molecule has 0 aliphatic heterocycles. The Balaban J connectivity index is 1.66. The van der Waals surface area contributed by atoms with E-state index in [9.17, 15) is 8.42 Å². The lowest BCUT2D eigenvalue weighted by molar-refractivity contribution is -0.0274. The van der Waals surface area contributed by atoms with E-state index in [0.29, 0.717) is 139 Å². The molecule has 46 heavy (non-hydrogen) atoms. The summed E-state index contributed by atoms with van der Waals surface area (Å²) in [5.74, 6) is 2.39. The fourth-order valence-electron chi connectivity index (χ4n) is 3.19. The van der Waals surface area contributed by atoms with Crippen molar-refractivity contribution in [1.82, 2.24) is 0 Å². The van der Waals surface area contributed by atoms with Crippen LogP contribution in [0.15, 0.2) is 35.2 Å². The van der Waals surface area contributed by atoms with Crippen LogP contribution >= 0.6 is 0 Å². The minimum absolute atomic E-state index is 0.0601. The standard InChI is InChI=1S/C31H52O14S/c1-2-8-34-9-10-35-11-12-36-13-14-37-15-16-38-17-18-39-19-20-40-21-22-41-23-24-42-25-26-43-27-28-44-29-30-45-46(32,33)31-6-4-3-5-7-31/h1,3-7H,8-30H2. The molecule has 266 valence electrons. The molecule has 15 heteroatoms. The molecular formula is C31H52O14S. The molecule has 0 unspecified atom stereocenters. The lowest BCUT2D eigenvalue weighted by Crippen LogP contribution is -2.16. The van der Waals surface area contributed by atoms with Crippen LogP contribution in [0.5, 0.6) is 0 Å². The van der Waals surface area contributed by atoms with Crippen molar-refractivity contribution in [2.45, 2.75) is 4.90 Å². The van der Waals surface area contributed by atoms with Gasteiger partial charge in [-0.1, -0.05) is 24.1 Å². The third kappa shape index (κ3) is 28.5. The zero-order valence-corrected chi connectivity index (χ0v) is 27.7. The maximum Gasteiger partial charge on any atom is 0.297 e. The van der Waals surface area contributed by atoms with Gasteiger partial charge < -0.3 is 52.1 Å². The van der Waals surface area contributed by atoms with Crippen LogP contribution in [-0.2, 0) is 66.4 Å². The molecule has 0 aromatic heterocycles. The number of benzene rings is 1. The molecule has 0 saturated heterocycles. The van der Waals surface area contributed by atoms with Crippen LogP contribution in [0.2, 0.25) is 0 Å². The van der Waals surface area contributed by atoms with Crippen molar-refractivity contribution in [3.63, 3.8) is 0 Å². The van der Waals surface area contributed by atoms with E-state index in [2.05, 4.69) is 5.92 Å². The Hall–Kier alpha value is -1.75. The highest BCUT2D eigenvalue weighted by Gasteiger charge is 2.13. The summed E-state index contributed by atoms with van der Waals surface area (Å²) in [7, 11) is -3.76. The van der Waals surface area contributed by atoms with Gasteiger partial charge >= 0.3 is 0 Å². The molecule has 0 saturated carbocycles. The number of hydrogen-bond acceptors (Lipinski definition) is 14. The molecule has 0 spiro atoms. The van der Waals surface area contributed by atoms with Crippen LogP contribution in [0, 0.1) is 12.3 Å². The second-order valence-electron chi connectivity index (χ2n) is 8.97. The molecule has 1 aromatic carbocycles. The quantitative estimate of drug-likeness (QED) is 0.0569. The predicted molar refractivity (Wildman–Crippen MR) is 167 cm³/mol. The van der Waals surface area contributed by atoms with Crippen LogP contribution in [0.25, 0.3) is 0 Å². The summed E-state index contributed by atoms with van der Waals surface area (Å²) in [6.07, 6.45) is 5.08. The van der Waals surface area contributed by atoms with Crippen LogP contribution in [0.3, 0.4) is 0 Å². The molecule has 0 atom stereocenters. The van der Waals surface area contributed by atoms with Gasteiger partial charge in [0.25, 0.3) is 10.1 Å². The van der Waals surface area contributed by atoms with Gasteiger partial charge in [0.2, 0.25) is 0 Å². The summed E-state index contributed by atoms with van der Waals surface area (Å²) < 4.78 is 88.1. The van der Waals surface area contributed by atoms with Crippen molar-refractivity contribution >= 4 is 10.1 Å². The van der Waals surface area contributed by atoms with E-state index in [-0.39, 0.29) is 18.1 Å². The minimum Gasteiger partial charge on any atom is -0.377 e. The van der Waals surface area contributed by atoms with E-state index < -0.39 is 10.1 Å². The zero-order chi connectivity index (χ0) is 33.1. The molecule has 1 rings (SSSR count). The molecule has 0 fully saturated rings. The molecule has 0 aliphatic carbocycles. The minimum atomic E-state index is -3.76. The van der Waals surface area contributed by atoms with Crippen LogP contribution in [-0.4, -0.2) is 160 Å². The average molecular weight is 681 g/mol. The molecular weight excluding hydrogens is 628 g/mol. The number of terminal acetylenes is 1. The van der Waals surface area contributed by atoms with Crippen LogP contribution < -0.4 is 0 Å². The summed E-state index contributed by atoms with van der Waals surface area (Å²) in [6, 6.07) is 7.97. The maximum absolute atomic E-state index is 12.0. The summed E-state index contributed by atoms with van der Waals surface area (Å²) in [5.41, 5.74) is 0. The predicted octanol–water partition coefficient (Wildman–Crippen LogP) is 1.21. The van der Waals surface area contributed by atoms with E-state index in [4.69, 9.17) is 62.7 Å². The smallest absolute Gasteiger partial charge is 0.297 e. The summed E-state index contributed by atoms with van der Waals surface area (Å²) >= 11 is 0. The van der Waals surface area contributed by atoms with E-state index in [0.717, 1.165) is 0 Å². The van der Waals surface area contributed by atoms with Crippen molar-refractivity contribution in [3.8, 4) is 12.3 Å². The first kappa shape index (κ1) is 42.3. The molecule has 0 N–H and O–H groups in total. The van der Waals surface area contributed by atoms with Gasteiger partial charge in [0.05, 0.1) is 150 Å². The summed E-state index contributed by atoms with van der Waals surface area (Å²) in [5, 5.41) is 0. The first-order valence-electron chi connectivity index (χ1n) is 15.4. The molecule has 0 radical (unpaired) electrons. The van der Waals surface area contributed by atoms with Crippen molar-refractivity contribution in [1.29, 1.82) is 0 Å². The molecule has 0 amide bonds. The largest absolute Gasteiger partial charge is 0.377 e. The van der Waals surface area contributed by atoms with Crippen LogP contribution in [0.4, 0.5) is 0 Å². The Labute approximate surface area is 274 Å². The third-order valence-electron chi connectivity index (χ3n) is 5.40. The monoisotopic (exact) mass is 680 g/mol. The molecule has 0 heterocycles. The van der Waals surface area contributed by atoms with Gasteiger partial charge in [0.15, 0.2) is 0 Å². The van der Waals surface area contributed by atoms with Crippen molar-refractivity contribution in [2.24, 2.45) is 0 Å². The second-order valence-corrected chi connectivity index (χ2v) is 10.6. The SMILES string of the molecule is C#CCOCCOCCOCCOCCOCCOCCOCCOCCOCCOCCOCCOS(=O)(=O)c1ccccc1. The topological polar surface area (TPSA) is 145 Å². The zero-order valence-electron chi connectivity index (χ0n) is 26.9. The molecule has 0 aliphatic rings. The normalized spacial score (nSPS) is 11.6. The fourth-order valence-corrected chi connectivity index (χ4v) is 4.10. The van der Waals surface area contributed by atoms with E-state index in [1.807, 2.05) is 0 Å². The summed E-state index contributed by atoms with van der Waals surface area (Å²) in [6.45, 7) is 9.72. The van der Waals surface area contributed by atoms with Gasteiger partial charge in [0.1, 0.15) is 6.61 Å². The van der Waals surface area contributed by atoms with E-state index in [1.165, 1.54) is 12.1 Å². The van der Waals surface area contributed by atoms with Gasteiger partial charge in [-0.05, 0) is 12.1 Å². The van der Waals surface area contributed by atoms with Gasteiger partial charge in [-0.3, -0.25) is 4.18 Å². The Morgan fingerprint density at radius 3 is 0.957 bits per heavy atom. The van der Waals surface area contributed by atoms with Gasteiger partial charge in [-0.25, -0.2) is 0 Å². The Morgan fingerprint density at radius 1 is 0.413 bits per heavy atom. The van der Waals surface area contributed by atoms with Crippen molar-refractivity contribution in [2.75, 3.05) is 152 Å². The van der Waals surface area contributed by atoms with Crippen LogP contribution in [0.1, 0.15) is 0 Å². The highest BCUT2D eigenvalue weighted by atomic mass is 32.2. The summed E-state index contributed by atoms with van der Waals surface area (Å²) in [4.78, 5) is 0.119. The lowest BCUT2D eigenvalue weighted by atomic mass is 10.4. The second kappa shape index (κ2) is 33.2. The number of ether oxygens (including phenoxy) is 11. The maximum atomic E-state index is 12.0. The molecule has 1 aromatic rings. The third-order valence-corrected chi connectivity index (χ3v) is 6.73. The van der Waals surface area contributed by atoms with Gasteiger partial charge in [0, 0.05) is 0 Å². The first-order valence-corrected chi connectivity index (χ1v) is 16.8. The highest BCUT2D eigenvalue weighted by Crippen LogP contribution is 2.10. The Bertz CT molecular complexity index is 914. The Morgan fingerprint density at radius 2 is 0.674 bits per heavy atom. The first-order chi connectivity index (χ1) is 22.7. The highest BCUT2D eigenvalue weighted by molar-refractivity contribution is 7.86. The number of hydrogen-bond donors (Lipinski definition) is 0. The molecule has 0 bridgehead atoms. The van der Waals surface area contributed by atoms with Crippen molar-refractivity contribution < 1.29 is 64.7 Å². The van der Waals surface area contributed by atoms with E-state index in [1.54, 1.807) is 18.2 Å². The van der Waals surface area contributed by atoms with Crippen molar-refractivity contribution in [3.05, 3.63) is 30.3 Å². The van der Waals surface area contributed by atoms with E-state index >= 15 is 0 Å². The van der Waals surface area contributed by atoms with Gasteiger partial charge in [-0.2, -0.15) is 8.42 Å².